The summed E-state index contributed by atoms with van der Waals surface area (Å²) >= 11 is 0. The maximum atomic E-state index is 10.8. The number of methoxy groups -OCH3 is 1. The Balaban J connectivity index is 1.72. The van der Waals surface area contributed by atoms with Crippen molar-refractivity contribution in [1.29, 1.82) is 0 Å². The molecule has 5 atom stereocenters. The Morgan fingerprint density at radius 1 is 1.32 bits per heavy atom. The van der Waals surface area contributed by atoms with Crippen LogP contribution in [0.4, 0.5) is 0 Å². The van der Waals surface area contributed by atoms with E-state index in [2.05, 4.69) is 29.2 Å². The highest BCUT2D eigenvalue weighted by Crippen LogP contribution is 2.53. The zero-order valence-electron chi connectivity index (χ0n) is 12.5. The molecule has 5 nitrogen and oxygen atoms in total. The number of fused-ring (bicyclic) bond motifs is 2. The Bertz CT molecular complexity index is 673. The van der Waals surface area contributed by atoms with Crippen molar-refractivity contribution in [2.75, 3.05) is 20.4 Å². The molecule has 0 spiro atoms. The van der Waals surface area contributed by atoms with Crippen molar-refractivity contribution >= 4 is 0 Å². The van der Waals surface area contributed by atoms with E-state index >= 15 is 0 Å². The Morgan fingerprint density at radius 2 is 2.14 bits per heavy atom. The molecule has 1 aliphatic carbocycles. The third-order valence-corrected chi connectivity index (χ3v) is 5.73. The van der Waals surface area contributed by atoms with Crippen LogP contribution in [-0.4, -0.2) is 48.7 Å². The van der Waals surface area contributed by atoms with Gasteiger partial charge in [0.1, 0.15) is 0 Å². The second kappa shape index (κ2) is 4.25. The van der Waals surface area contributed by atoms with Crippen molar-refractivity contribution in [1.82, 2.24) is 4.90 Å². The molecule has 0 amide bonds. The van der Waals surface area contributed by atoms with Gasteiger partial charge in [-0.2, -0.15) is 0 Å². The lowest BCUT2D eigenvalue weighted by Gasteiger charge is -2.46. The SMILES string of the molecule is CO[C@@H]1C=C[C@]23c4cc5c(cc4CN(C[C@@H]2O)[C@@H]3C1)OCO5. The molecule has 0 saturated carbocycles. The summed E-state index contributed by atoms with van der Waals surface area (Å²) in [6.45, 7) is 1.83. The third kappa shape index (κ3) is 1.44. The fraction of sp³-hybridized carbons (Fsp3) is 0.529. The van der Waals surface area contributed by atoms with Crippen LogP contribution in [0.3, 0.4) is 0 Å². The molecule has 1 saturated heterocycles. The van der Waals surface area contributed by atoms with Gasteiger partial charge in [0.25, 0.3) is 0 Å². The van der Waals surface area contributed by atoms with Gasteiger partial charge in [0.05, 0.1) is 17.6 Å². The molecule has 1 aromatic carbocycles. The first-order chi connectivity index (χ1) is 10.7. The number of aliphatic hydroxyl groups is 1. The van der Waals surface area contributed by atoms with Crippen molar-refractivity contribution in [2.45, 2.75) is 36.6 Å². The molecule has 4 aliphatic rings. The van der Waals surface area contributed by atoms with E-state index in [0.717, 1.165) is 24.5 Å². The standard InChI is InChI=1S/C17H19NO4/c1-20-11-2-3-17-12-6-14-13(21-9-22-14)4-10(12)7-18(8-16(17)19)15(17)5-11/h2-4,6,11,15-16,19H,5,7-9H2,1H3/t11-,15-,16+,17-/m1/s1. The van der Waals surface area contributed by atoms with Crippen LogP contribution in [0, 0.1) is 0 Å². The molecule has 22 heavy (non-hydrogen) atoms. The van der Waals surface area contributed by atoms with Crippen molar-refractivity contribution in [3.05, 3.63) is 35.4 Å². The first-order valence-electron chi connectivity index (χ1n) is 7.79. The van der Waals surface area contributed by atoms with Crippen molar-refractivity contribution < 1.29 is 19.3 Å². The monoisotopic (exact) mass is 301 g/mol. The lowest BCUT2D eigenvalue weighted by atomic mass is 9.65. The van der Waals surface area contributed by atoms with Gasteiger partial charge in [0, 0.05) is 26.2 Å². The van der Waals surface area contributed by atoms with Crippen LogP contribution in [0.15, 0.2) is 24.3 Å². The Morgan fingerprint density at radius 3 is 2.95 bits per heavy atom. The van der Waals surface area contributed by atoms with Gasteiger partial charge in [-0.1, -0.05) is 12.2 Å². The van der Waals surface area contributed by atoms with Gasteiger partial charge in [0.2, 0.25) is 6.79 Å². The number of ether oxygens (including phenoxy) is 3. The molecule has 3 aliphatic heterocycles. The molecule has 116 valence electrons. The van der Waals surface area contributed by atoms with Crippen LogP contribution in [0.1, 0.15) is 17.5 Å². The molecule has 1 fully saturated rings. The largest absolute Gasteiger partial charge is 0.454 e. The number of nitrogens with zero attached hydrogens (tertiary/aromatic N) is 1. The van der Waals surface area contributed by atoms with E-state index in [1.54, 1.807) is 7.11 Å². The van der Waals surface area contributed by atoms with Crippen LogP contribution in [0.5, 0.6) is 11.5 Å². The second-order valence-electron chi connectivity index (χ2n) is 6.63. The Labute approximate surface area is 129 Å². The van der Waals surface area contributed by atoms with Crippen LogP contribution >= 0.6 is 0 Å². The summed E-state index contributed by atoms with van der Waals surface area (Å²) < 4.78 is 16.6. The molecule has 5 heteroatoms. The molecule has 0 radical (unpaired) electrons. The second-order valence-corrected chi connectivity index (χ2v) is 6.63. The smallest absolute Gasteiger partial charge is 0.231 e. The van der Waals surface area contributed by atoms with Crippen molar-refractivity contribution in [3.8, 4) is 11.5 Å². The average molecular weight is 301 g/mol. The maximum Gasteiger partial charge on any atom is 0.231 e. The van der Waals surface area contributed by atoms with Crippen molar-refractivity contribution in [2.24, 2.45) is 0 Å². The van der Waals surface area contributed by atoms with Gasteiger partial charge in [-0.05, 0) is 29.7 Å². The number of aliphatic hydroxyl groups excluding tert-OH is 1. The van der Waals surface area contributed by atoms with Crippen LogP contribution in [0.2, 0.25) is 0 Å². The minimum atomic E-state index is -0.395. The summed E-state index contributed by atoms with van der Waals surface area (Å²) in [4.78, 5) is 2.38. The molecule has 2 bridgehead atoms. The molecule has 5 rings (SSSR count). The average Bonchev–Trinajstić information content (AvgIpc) is 3.06. The molecule has 1 aromatic rings. The van der Waals surface area contributed by atoms with E-state index in [-0.39, 0.29) is 24.4 Å². The van der Waals surface area contributed by atoms with Gasteiger partial charge in [-0.25, -0.2) is 0 Å². The molecular formula is C17H19NO4. The number of hydrogen-bond donors (Lipinski definition) is 1. The lowest BCUT2D eigenvalue weighted by molar-refractivity contribution is 0.0660. The van der Waals surface area contributed by atoms with E-state index in [0.29, 0.717) is 6.54 Å². The van der Waals surface area contributed by atoms with Crippen LogP contribution < -0.4 is 9.47 Å². The summed E-state index contributed by atoms with van der Waals surface area (Å²) in [6.07, 6.45) is 4.91. The zero-order valence-corrected chi connectivity index (χ0v) is 12.5. The van der Waals surface area contributed by atoms with Crippen LogP contribution in [-0.2, 0) is 16.7 Å². The first-order valence-corrected chi connectivity index (χ1v) is 7.79. The Kier molecular flexibility index (Phi) is 2.50. The maximum absolute atomic E-state index is 10.8. The van der Waals surface area contributed by atoms with Gasteiger partial charge < -0.3 is 19.3 Å². The number of benzene rings is 1. The highest BCUT2D eigenvalue weighted by atomic mass is 16.7. The summed E-state index contributed by atoms with van der Waals surface area (Å²) in [5.74, 6) is 1.61. The minimum Gasteiger partial charge on any atom is -0.454 e. The summed E-state index contributed by atoms with van der Waals surface area (Å²) in [5, 5.41) is 10.8. The zero-order chi connectivity index (χ0) is 14.9. The fourth-order valence-electron chi connectivity index (χ4n) is 4.69. The molecule has 0 aromatic heterocycles. The topological polar surface area (TPSA) is 51.2 Å². The van der Waals surface area contributed by atoms with E-state index in [1.807, 2.05) is 0 Å². The summed E-state index contributed by atoms with van der Waals surface area (Å²) in [5.41, 5.74) is 2.08. The predicted octanol–water partition coefficient (Wildman–Crippen LogP) is 1.19. The number of rotatable bonds is 1. The normalized spacial score (nSPS) is 40.5. The van der Waals surface area contributed by atoms with E-state index < -0.39 is 6.10 Å². The molecule has 1 unspecified atom stereocenters. The minimum absolute atomic E-state index is 0.126. The van der Waals surface area contributed by atoms with E-state index in [1.165, 1.54) is 11.1 Å². The highest BCUT2D eigenvalue weighted by Gasteiger charge is 2.58. The van der Waals surface area contributed by atoms with Gasteiger partial charge in [-0.3, -0.25) is 4.90 Å². The van der Waals surface area contributed by atoms with Crippen LogP contribution in [0.25, 0.3) is 0 Å². The number of hydrogen-bond acceptors (Lipinski definition) is 5. The van der Waals surface area contributed by atoms with Gasteiger partial charge in [-0.15, -0.1) is 0 Å². The summed E-state index contributed by atoms with van der Waals surface area (Å²) in [6, 6.07) is 4.44. The lowest BCUT2D eigenvalue weighted by Crippen LogP contribution is -2.52. The third-order valence-electron chi connectivity index (χ3n) is 5.73. The molecular weight excluding hydrogens is 282 g/mol. The van der Waals surface area contributed by atoms with E-state index in [4.69, 9.17) is 14.2 Å². The fourth-order valence-corrected chi connectivity index (χ4v) is 4.69. The highest BCUT2D eigenvalue weighted by molar-refractivity contribution is 5.56. The summed E-state index contributed by atoms with van der Waals surface area (Å²) in [7, 11) is 1.75. The molecule has 3 heterocycles. The Hall–Kier alpha value is -1.56. The first kappa shape index (κ1) is 12.9. The van der Waals surface area contributed by atoms with Gasteiger partial charge >= 0.3 is 0 Å². The van der Waals surface area contributed by atoms with E-state index in [9.17, 15) is 5.11 Å². The quantitative estimate of drug-likeness (QED) is 0.790. The van der Waals surface area contributed by atoms with Crippen molar-refractivity contribution in [3.63, 3.8) is 0 Å². The predicted molar refractivity (Wildman–Crippen MR) is 79.0 cm³/mol. The molecule has 1 N–H and O–H groups in total. The van der Waals surface area contributed by atoms with Gasteiger partial charge in [0.15, 0.2) is 11.5 Å².